The molecule has 0 unspecified atom stereocenters. The molecule has 1 aromatic heterocycles. The molecule has 1 aliphatic heterocycles. The Kier molecular flexibility index (Phi) is 6.28. The van der Waals surface area contributed by atoms with Gasteiger partial charge in [0, 0.05) is 40.7 Å². The Bertz CT molecular complexity index is 1500. The number of thiazole rings is 1. The third-order valence-electron chi connectivity index (χ3n) is 6.26. The van der Waals surface area contributed by atoms with Gasteiger partial charge in [-0.3, -0.25) is 9.59 Å². The number of nitrogens with zero attached hydrogens (tertiary/aromatic N) is 2. The standard InChI is InChI=1S/C28H24FN3O3S/c1-16-19(8-6-9-22(16)29)27(33)31-18-11-12-21(24(15-18)35-3)28(34)32-14-13-25-26(30-17(2)36-25)20-7-4-5-10-23(20)32/h4-12,15H,13-14H2,1-3H3,(H,31,33). The van der Waals surface area contributed by atoms with Gasteiger partial charge in [0.15, 0.2) is 0 Å². The lowest BCUT2D eigenvalue weighted by molar-refractivity contribution is 0.0983. The minimum atomic E-state index is -0.446. The normalized spacial score (nSPS) is 12.4. The predicted molar refractivity (Wildman–Crippen MR) is 140 cm³/mol. The Morgan fingerprint density at radius 1 is 1.06 bits per heavy atom. The number of hydrogen-bond acceptors (Lipinski definition) is 5. The number of methoxy groups -OCH3 is 1. The van der Waals surface area contributed by atoms with Crippen LogP contribution in [0.3, 0.4) is 0 Å². The van der Waals surface area contributed by atoms with Gasteiger partial charge in [-0.05, 0) is 49.7 Å². The van der Waals surface area contributed by atoms with Crippen LogP contribution in [0.1, 0.15) is 36.2 Å². The molecule has 5 rings (SSSR count). The summed E-state index contributed by atoms with van der Waals surface area (Å²) in [6.07, 6.45) is 0.699. The molecule has 0 fully saturated rings. The Hall–Kier alpha value is -4.04. The largest absolute Gasteiger partial charge is 0.496 e. The van der Waals surface area contributed by atoms with Crippen molar-refractivity contribution in [1.29, 1.82) is 0 Å². The minimum absolute atomic E-state index is 0.204. The Morgan fingerprint density at radius 2 is 1.86 bits per heavy atom. The number of hydrogen-bond donors (Lipinski definition) is 1. The monoisotopic (exact) mass is 501 g/mol. The van der Waals surface area contributed by atoms with Crippen molar-refractivity contribution in [2.45, 2.75) is 20.3 Å². The van der Waals surface area contributed by atoms with Crippen LogP contribution in [0.2, 0.25) is 0 Å². The van der Waals surface area contributed by atoms with Crippen LogP contribution >= 0.6 is 11.3 Å². The highest BCUT2D eigenvalue weighted by Crippen LogP contribution is 2.39. The van der Waals surface area contributed by atoms with Gasteiger partial charge in [0.1, 0.15) is 11.6 Å². The van der Waals surface area contributed by atoms with Crippen molar-refractivity contribution in [2.75, 3.05) is 23.9 Å². The second-order valence-corrected chi connectivity index (χ2v) is 9.80. The van der Waals surface area contributed by atoms with Crippen molar-refractivity contribution in [2.24, 2.45) is 0 Å². The number of anilines is 2. The SMILES string of the molecule is COc1cc(NC(=O)c2cccc(F)c2C)ccc1C(=O)N1CCc2sc(C)nc2-c2ccccc21. The van der Waals surface area contributed by atoms with Crippen LogP contribution in [0.5, 0.6) is 5.75 Å². The number of rotatable bonds is 4. The Balaban J connectivity index is 1.45. The van der Waals surface area contributed by atoms with E-state index in [0.717, 1.165) is 26.8 Å². The summed E-state index contributed by atoms with van der Waals surface area (Å²) >= 11 is 1.65. The Morgan fingerprint density at radius 3 is 2.67 bits per heavy atom. The van der Waals surface area contributed by atoms with Crippen LogP contribution in [-0.4, -0.2) is 30.5 Å². The summed E-state index contributed by atoms with van der Waals surface area (Å²) in [5.41, 5.74) is 3.99. The number of amides is 2. The molecule has 0 saturated heterocycles. The number of benzene rings is 3. The minimum Gasteiger partial charge on any atom is -0.496 e. The summed E-state index contributed by atoms with van der Waals surface area (Å²) in [4.78, 5) is 34.1. The molecule has 0 saturated carbocycles. The van der Waals surface area contributed by atoms with E-state index in [1.807, 2.05) is 31.2 Å². The van der Waals surface area contributed by atoms with Crippen molar-refractivity contribution in [3.05, 3.63) is 93.1 Å². The Labute approximate surface area is 212 Å². The van der Waals surface area contributed by atoms with E-state index in [0.29, 0.717) is 30.0 Å². The van der Waals surface area contributed by atoms with Gasteiger partial charge >= 0.3 is 0 Å². The third kappa shape index (κ3) is 4.24. The van der Waals surface area contributed by atoms with Crippen LogP contribution in [0.15, 0.2) is 60.7 Å². The average molecular weight is 502 g/mol. The number of para-hydroxylation sites is 1. The lowest BCUT2D eigenvalue weighted by atomic mass is 10.1. The summed E-state index contributed by atoms with van der Waals surface area (Å²) in [5, 5.41) is 3.77. The zero-order chi connectivity index (χ0) is 25.4. The number of carbonyl (C=O) groups is 2. The van der Waals surface area contributed by atoms with Crippen LogP contribution < -0.4 is 15.0 Å². The summed E-state index contributed by atoms with van der Waals surface area (Å²) in [6.45, 7) is 4.05. The molecule has 8 heteroatoms. The maximum Gasteiger partial charge on any atom is 0.262 e. The van der Waals surface area contributed by atoms with Gasteiger partial charge in [-0.15, -0.1) is 11.3 Å². The lowest BCUT2D eigenvalue weighted by Gasteiger charge is -2.24. The smallest absolute Gasteiger partial charge is 0.262 e. The number of aryl methyl sites for hydroxylation is 1. The summed E-state index contributed by atoms with van der Waals surface area (Å²) in [6, 6.07) is 17.0. The number of carbonyl (C=O) groups excluding carboxylic acids is 2. The highest BCUT2D eigenvalue weighted by molar-refractivity contribution is 7.12. The van der Waals surface area contributed by atoms with E-state index in [1.54, 1.807) is 47.4 Å². The molecule has 1 N–H and O–H groups in total. The zero-order valence-corrected chi connectivity index (χ0v) is 20.9. The first-order valence-corrected chi connectivity index (χ1v) is 12.3. The van der Waals surface area contributed by atoms with Crippen LogP contribution in [0.4, 0.5) is 15.8 Å². The van der Waals surface area contributed by atoms with Crippen molar-refractivity contribution < 1.29 is 18.7 Å². The van der Waals surface area contributed by atoms with Gasteiger partial charge in [-0.1, -0.05) is 24.3 Å². The summed E-state index contributed by atoms with van der Waals surface area (Å²) in [7, 11) is 1.48. The second-order valence-electron chi connectivity index (χ2n) is 8.51. The molecule has 1 aliphatic rings. The molecular weight excluding hydrogens is 477 g/mol. The fraction of sp³-hybridized carbons (Fsp3) is 0.179. The number of aromatic nitrogens is 1. The predicted octanol–water partition coefficient (Wildman–Crippen LogP) is 6.03. The first-order valence-electron chi connectivity index (χ1n) is 11.5. The molecular formula is C28H24FN3O3S. The van der Waals surface area contributed by atoms with Crippen LogP contribution in [-0.2, 0) is 6.42 Å². The quantitative estimate of drug-likeness (QED) is 0.371. The number of ether oxygens (including phenoxy) is 1. The van der Waals surface area contributed by atoms with Crippen molar-refractivity contribution in [1.82, 2.24) is 4.98 Å². The lowest BCUT2D eigenvalue weighted by Crippen LogP contribution is -2.32. The van der Waals surface area contributed by atoms with Crippen LogP contribution in [0.25, 0.3) is 11.3 Å². The van der Waals surface area contributed by atoms with Crippen molar-refractivity contribution >= 4 is 34.5 Å². The maximum atomic E-state index is 13.9. The number of nitrogens with one attached hydrogen (secondary N) is 1. The molecule has 0 aliphatic carbocycles. The zero-order valence-electron chi connectivity index (χ0n) is 20.1. The van der Waals surface area contributed by atoms with E-state index in [-0.39, 0.29) is 17.0 Å². The highest BCUT2D eigenvalue weighted by atomic mass is 32.1. The molecule has 182 valence electrons. The maximum absolute atomic E-state index is 13.9. The van der Waals surface area contributed by atoms with Crippen LogP contribution in [0, 0.1) is 19.7 Å². The van der Waals surface area contributed by atoms with E-state index in [9.17, 15) is 14.0 Å². The van der Waals surface area contributed by atoms with E-state index in [1.165, 1.54) is 19.2 Å². The molecule has 36 heavy (non-hydrogen) atoms. The molecule has 0 radical (unpaired) electrons. The van der Waals surface area contributed by atoms with E-state index in [2.05, 4.69) is 5.32 Å². The molecule has 3 aromatic carbocycles. The summed E-state index contributed by atoms with van der Waals surface area (Å²) < 4.78 is 19.4. The average Bonchev–Trinajstić information content (AvgIpc) is 3.18. The van der Waals surface area contributed by atoms with Crippen molar-refractivity contribution in [3.63, 3.8) is 0 Å². The summed E-state index contributed by atoms with van der Waals surface area (Å²) in [5.74, 6) is -0.758. The van der Waals surface area contributed by atoms with E-state index in [4.69, 9.17) is 9.72 Å². The second kappa shape index (κ2) is 9.54. The topological polar surface area (TPSA) is 71.5 Å². The first-order chi connectivity index (χ1) is 17.4. The fourth-order valence-corrected chi connectivity index (χ4v) is 5.39. The van der Waals surface area contributed by atoms with E-state index >= 15 is 0 Å². The van der Waals surface area contributed by atoms with Gasteiger partial charge in [-0.25, -0.2) is 9.37 Å². The molecule has 2 amide bonds. The van der Waals surface area contributed by atoms with Gasteiger partial charge in [0.05, 0.1) is 29.1 Å². The van der Waals surface area contributed by atoms with Gasteiger partial charge in [-0.2, -0.15) is 0 Å². The van der Waals surface area contributed by atoms with Crippen molar-refractivity contribution in [3.8, 4) is 17.0 Å². The molecule has 0 bridgehead atoms. The number of fused-ring (bicyclic) bond motifs is 3. The van der Waals surface area contributed by atoms with Gasteiger partial charge < -0.3 is 15.0 Å². The molecule has 4 aromatic rings. The molecule has 2 heterocycles. The number of halogens is 1. The third-order valence-corrected chi connectivity index (χ3v) is 7.29. The van der Waals surface area contributed by atoms with Gasteiger partial charge in [0.2, 0.25) is 0 Å². The van der Waals surface area contributed by atoms with Gasteiger partial charge in [0.25, 0.3) is 11.8 Å². The molecule has 0 spiro atoms. The molecule has 0 atom stereocenters. The first kappa shape index (κ1) is 23.7. The highest BCUT2D eigenvalue weighted by Gasteiger charge is 2.28. The fourth-order valence-electron chi connectivity index (χ4n) is 4.45. The molecule has 6 nitrogen and oxygen atoms in total. The van der Waals surface area contributed by atoms with E-state index < -0.39 is 11.7 Å².